The average Bonchev–Trinajstić information content (AvgIpc) is 3.58. The Labute approximate surface area is 277 Å². The molecule has 2 aromatic heterocycles. The Balaban J connectivity index is 0.000000186. The van der Waals surface area contributed by atoms with E-state index in [0.717, 1.165) is 16.9 Å². The van der Waals surface area contributed by atoms with Crippen LogP contribution < -0.4 is 9.44 Å². The van der Waals surface area contributed by atoms with E-state index in [4.69, 9.17) is 23.2 Å². The van der Waals surface area contributed by atoms with E-state index in [1.807, 2.05) is 6.92 Å². The van der Waals surface area contributed by atoms with Crippen molar-refractivity contribution in [2.24, 2.45) is 0 Å². The second-order valence-electron chi connectivity index (χ2n) is 10.3. The molecule has 10 nitrogen and oxygen atoms in total. The zero-order valence-corrected chi connectivity index (χ0v) is 27.8. The Hall–Kier alpha value is -4.31. The fourth-order valence-corrected chi connectivity index (χ4v) is 7.68. The average molecular weight is 726 g/mol. The summed E-state index contributed by atoms with van der Waals surface area (Å²) in [4.78, 5) is 13.1. The number of aromatic nitrogens is 4. The molecule has 4 N–H and O–H groups in total. The summed E-state index contributed by atoms with van der Waals surface area (Å²) >= 11 is 11.9. The smallest absolute Gasteiger partial charge is 0.342 e. The van der Waals surface area contributed by atoms with Crippen LogP contribution in [-0.4, -0.2) is 36.8 Å². The summed E-state index contributed by atoms with van der Waals surface area (Å²) in [6.45, 7) is 5.09. The van der Waals surface area contributed by atoms with Crippen molar-refractivity contribution in [2.45, 2.75) is 36.7 Å². The van der Waals surface area contributed by atoms with Gasteiger partial charge in [0.15, 0.2) is 0 Å². The van der Waals surface area contributed by atoms with E-state index in [9.17, 15) is 30.0 Å². The van der Waals surface area contributed by atoms with E-state index in [-0.39, 0.29) is 26.5 Å². The van der Waals surface area contributed by atoms with Crippen molar-refractivity contribution in [2.75, 3.05) is 9.44 Å². The van der Waals surface area contributed by atoms with Gasteiger partial charge in [-0.05, 0) is 92.6 Å². The highest BCUT2D eigenvalue weighted by molar-refractivity contribution is 7.93. The van der Waals surface area contributed by atoms with Crippen molar-refractivity contribution in [1.29, 1.82) is 0 Å². The van der Waals surface area contributed by atoms with Crippen LogP contribution in [0.5, 0.6) is 0 Å². The number of anilines is 2. The third-order valence-corrected chi connectivity index (χ3v) is 10.7. The van der Waals surface area contributed by atoms with Crippen LogP contribution in [0.1, 0.15) is 22.8 Å². The minimum Gasteiger partial charge on any atom is -0.342 e. The molecule has 47 heavy (non-hydrogen) atoms. The zero-order chi connectivity index (χ0) is 34.3. The number of H-pyrrole nitrogens is 2. The second kappa shape index (κ2) is 12.7. The van der Waals surface area contributed by atoms with Crippen molar-refractivity contribution in [3.05, 3.63) is 106 Å². The topological polar surface area (TPSA) is 150 Å². The summed E-state index contributed by atoms with van der Waals surface area (Å²) in [6, 6.07) is 18.3. The number of fused-ring (bicyclic) bond motifs is 2. The van der Waals surface area contributed by atoms with Crippen molar-refractivity contribution in [1.82, 2.24) is 19.9 Å². The maximum absolute atomic E-state index is 12.7. The van der Waals surface area contributed by atoms with E-state index in [1.165, 1.54) is 36.4 Å². The number of sulfonamides is 2. The fraction of sp³-hybridized carbons (Fsp3) is 0.133. The minimum absolute atomic E-state index is 0.0133. The summed E-state index contributed by atoms with van der Waals surface area (Å²) < 4.78 is 93.0. The summed E-state index contributed by atoms with van der Waals surface area (Å²) in [5.74, 6) is -0.367. The van der Waals surface area contributed by atoms with Crippen molar-refractivity contribution in [3.8, 4) is 0 Å². The Kier molecular flexibility index (Phi) is 9.21. The van der Waals surface area contributed by atoms with Crippen molar-refractivity contribution in [3.63, 3.8) is 0 Å². The molecule has 0 fully saturated rings. The maximum atomic E-state index is 12.7. The molecule has 0 saturated heterocycles. The van der Waals surface area contributed by atoms with Gasteiger partial charge < -0.3 is 9.97 Å². The van der Waals surface area contributed by atoms with E-state index in [2.05, 4.69) is 29.4 Å². The first-order chi connectivity index (χ1) is 21.9. The normalized spacial score (nSPS) is 12.2. The molecule has 0 spiro atoms. The molecule has 0 saturated carbocycles. The molecule has 0 aliphatic carbocycles. The van der Waals surface area contributed by atoms with Crippen LogP contribution in [0.4, 0.5) is 24.5 Å². The Bertz CT molecular complexity index is 2360. The molecule has 6 rings (SSSR count). The third kappa shape index (κ3) is 7.48. The van der Waals surface area contributed by atoms with Gasteiger partial charge in [-0.2, -0.15) is 13.2 Å². The minimum atomic E-state index is -4.61. The lowest BCUT2D eigenvalue weighted by Crippen LogP contribution is -2.14. The Morgan fingerprint density at radius 2 is 1.11 bits per heavy atom. The lowest BCUT2D eigenvalue weighted by Gasteiger charge is -2.11. The highest BCUT2D eigenvalue weighted by Gasteiger charge is 2.34. The zero-order valence-electron chi connectivity index (χ0n) is 24.7. The number of alkyl halides is 3. The predicted octanol–water partition coefficient (Wildman–Crippen LogP) is 7.98. The van der Waals surface area contributed by atoms with Crippen LogP contribution in [0.25, 0.3) is 22.1 Å². The molecule has 0 bridgehead atoms. The van der Waals surface area contributed by atoms with E-state index >= 15 is 0 Å². The number of hydrogen-bond donors (Lipinski definition) is 4. The van der Waals surface area contributed by atoms with Crippen LogP contribution >= 0.6 is 23.2 Å². The van der Waals surface area contributed by atoms with Gasteiger partial charge >= 0.3 is 6.18 Å². The molecule has 4 aromatic carbocycles. The monoisotopic (exact) mass is 724 g/mol. The molecule has 0 aliphatic heterocycles. The molecule has 6 aromatic rings. The lowest BCUT2D eigenvalue weighted by atomic mass is 10.2. The number of nitrogens with zero attached hydrogens (tertiary/aromatic N) is 2. The molecule has 0 unspecified atom stereocenters. The summed E-state index contributed by atoms with van der Waals surface area (Å²) in [5, 5.41) is 0.712. The predicted molar refractivity (Wildman–Crippen MR) is 176 cm³/mol. The molecule has 0 amide bonds. The van der Waals surface area contributed by atoms with Crippen molar-refractivity contribution >= 4 is 76.7 Å². The Morgan fingerprint density at radius 3 is 1.57 bits per heavy atom. The number of aromatic amines is 2. The number of rotatable bonds is 6. The van der Waals surface area contributed by atoms with Gasteiger partial charge in [0, 0.05) is 10.0 Å². The quantitative estimate of drug-likeness (QED) is 0.137. The third-order valence-electron chi connectivity index (χ3n) is 6.87. The summed E-state index contributed by atoms with van der Waals surface area (Å²) in [6.07, 6.45) is -4.61. The number of aryl methyl sites for hydroxylation is 1. The highest BCUT2D eigenvalue weighted by atomic mass is 35.5. The number of hydrogen-bond acceptors (Lipinski definition) is 6. The van der Waals surface area contributed by atoms with Gasteiger partial charge in [0.1, 0.15) is 5.82 Å². The molecule has 246 valence electrons. The Morgan fingerprint density at radius 1 is 0.660 bits per heavy atom. The first-order valence-electron chi connectivity index (χ1n) is 13.5. The number of halogens is 5. The van der Waals surface area contributed by atoms with Gasteiger partial charge in [0.2, 0.25) is 5.82 Å². The molecule has 0 atom stereocenters. The first-order valence-corrected chi connectivity index (χ1v) is 17.3. The molecular weight excluding hydrogens is 700 g/mol. The summed E-state index contributed by atoms with van der Waals surface area (Å²) in [7, 11) is -7.64. The first kappa shape index (κ1) is 34.0. The summed E-state index contributed by atoms with van der Waals surface area (Å²) in [5.41, 5.74) is 3.18. The van der Waals surface area contributed by atoms with Gasteiger partial charge in [-0.3, -0.25) is 9.44 Å². The van der Waals surface area contributed by atoms with E-state index < -0.39 is 32.0 Å². The SMILES string of the molecule is Cc1c(Cl)cccc1S(=O)(=O)Nc1ccc2nc(C(F)(F)F)[nH]c2c1.Cc1nc2ccc(NS(=O)(=O)c3cccc(Cl)c3C)cc2[nH]1. The maximum Gasteiger partial charge on any atom is 0.449 e. The fourth-order valence-electron chi connectivity index (χ4n) is 4.59. The molecule has 17 heteroatoms. The van der Waals surface area contributed by atoms with Crippen LogP contribution in [-0.2, 0) is 26.2 Å². The van der Waals surface area contributed by atoms with Gasteiger partial charge in [0.05, 0.1) is 43.2 Å². The van der Waals surface area contributed by atoms with Crippen molar-refractivity contribution < 1.29 is 30.0 Å². The van der Waals surface area contributed by atoms with Gasteiger partial charge in [-0.15, -0.1) is 0 Å². The standard InChI is InChI=1S/C15H11ClF3N3O2S.C15H14ClN3O2S/c1-8-10(16)3-2-4-13(8)25(23,24)22-9-5-6-11-12(7-9)21-14(20-11)15(17,18)19;1-9-12(16)4-3-5-15(9)22(20,21)19-11-6-7-13-14(8-11)18-10(2)17-13/h2-7,22H,1H3,(H,20,21);3-8,19H,1-2H3,(H,17,18). The van der Waals surface area contributed by atoms with Gasteiger partial charge in [0.25, 0.3) is 20.0 Å². The molecule has 0 radical (unpaired) electrons. The highest BCUT2D eigenvalue weighted by Crippen LogP contribution is 2.31. The van der Waals surface area contributed by atoms with Crippen LogP contribution in [0, 0.1) is 20.8 Å². The van der Waals surface area contributed by atoms with E-state index in [0.29, 0.717) is 26.9 Å². The van der Waals surface area contributed by atoms with Crippen LogP contribution in [0.15, 0.2) is 82.6 Å². The largest absolute Gasteiger partial charge is 0.449 e. The lowest BCUT2D eigenvalue weighted by molar-refractivity contribution is -0.144. The van der Waals surface area contributed by atoms with Crippen LogP contribution in [0.3, 0.4) is 0 Å². The number of nitrogens with one attached hydrogen (secondary N) is 4. The molecular formula is C30H25Cl2F3N6O4S2. The molecule has 2 heterocycles. The second-order valence-corrected chi connectivity index (χ2v) is 14.4. The van der Waals surface area contributed by atoms with Gasteiger partial charge in [-0.25, -0.2) is 26.8 Å². The van der Waals surface area contributed by atoms with Gasteiger partial charge in [-0.1, -0.05) is 35.3 Å². The molecule has 0 aliphatic rings. The van der Waals surface area contributed by atoms with Crippen LogP contribution in [0.2, 0.25) is 10.0 Å². The number of imidazole rings is 2. The van der Waals surface area contributed by atoms with E-state index in [1.54, 1.807) is 50.2 Å². The number of benzene rings is 4.